The van der Waals surface area contributed by atoms with E-state index < -0.39 is 12.5 Å². The van der Waals surface area contributed by atoms with Gasteiger partial charge in [0, 0.05) is 4.88 Å². The van der Waals surface area contributed by atoms with E-state index in [1.54, 1.807) is 6.07 Å². The van der Waals surface area contributed by atoms with Gasteiger partial charge in [0.05, 0.1) is 3.79 Å². The monoisotopic (exact) mass is 242 g/mol. The Bertz CT molecular complexity index is 238. The van der Waals surface area contributed by atoms with Crippen LogP contribution in [0.4, 0.5) is 8.78 Å². The molecule has 0 fully saturated rings. The van der Waals surface area contributed by atoms with Gasteiger partial charge in [-0.05, 0) is 28.1 Å². The molecule has 0 aliphatic heterocycles. The molecule has 1 aromatic rings. The molecule has 1 aromatic heterocycles. The summed E-state index contributed by atoms with van der Waals surface area (Å²) in [5.41, 5.74) is 0. The van der Waals surface area contributed by atoms with Gasteiger partial charge >= 0.3 is 0 Å². The molecule has 0 spiro atoms. The Morgan fingerprint density at radius 2 is 2.09 bits per heavy atom. The topological polar surface area (TPSA) is 20.2 Å². The minimum Gasteiger partial charge on any atom is -0.382 e. The van der Waals surface area contributed by atoms with Crippen LogP contribution in [-0.4, -0.2) is 11.5 Å². The molecule has 1 nitrogen and oxygen atoms in total. The van der Waals surface area contributed by atoms with Crippen molar-refractivity contribution >= 4 is 27.3 Å². The molecule has 0 saturated carbocycles. The Kier molecular flexibility index (Phi) is 2.98. The van der Waals surface area contributed by atoms with Crippen LogP contribution in [0.15, 0.2) is 15.9 Å². The molecule has 62 valence electrons. The minimum absolute atomic E-state index is 0.284. The van der Waals surface area contributed by atoms with Crippen LogP contribution >= 0.6 is 27.3 Å². The molecule has 0 aliphatic rings. The van der Waals surface area contributed by atoms with E-state index in [-0.39, 0.29) is 4.88 Å². The molecule has 0 aromatic carbocycles. The third-order valence-corrected chi connectivity index (χ3v) is 2.82. The second kappa shape index (κ2) is 3.60. The zero-order chi connectivity index (χ0) is 8.43. The number of halogens is 3. The number of thiophene rings is 1. The molecule has 0 amide bonds. The molecule has 1 rings (SSSR count). The number of aliphatic hydroxyl groups is 1. The van der Waals surface area contributed by atoms with E-state index in [2.05, 4.69) is 15.9 Å². The lowest BCUT2D eigenvalue weighted by Gasteiger charge is -2.04. The highest BCUT2D eigenvalue weighted by Gasteiger charge is 2.20. The highest BCUT2D eigenvalue weighted by Crippen LogP contribution is 2.30. The summed E-state index contributed by atoms with van der Waals surface area (Å²) in [4.78, 5) is 0.284. The van der Waals surface area contributed by atoms with Crippen molar-refractivity contribution < 1.29 is 13.9 Å². The Labute approximate surface area is 74.8 Å². The molecule has 1 unspecified atom stereocenters. The maximum absolute atomic E-state index is 11.9. The molecular weight excluding hydrogens is 238 g/mol. The zero-order valence-corrected chi connectivity index (χ0v) is 7.70. The van der Waals surface area contributed by atoms with Crippen LogP contribution in [0.5, 0.6) is 0 Å². The van der Waals surface area contributed by atoms with E-state index in [4.69, 9.17) is 5.11 Å². The van der Waals surface area contributed by atoms with Crippen molar-refractivity contribution in [1.29, 1.82) is 0 Å². The number of hydrogen-bond donors (Lipinski definition) is 1. The zero-order valence-electron chi connectivity index (χ0n) is 5.30. The first-order chi connectivity index (χ1) is 5.11. The summed E-state index contributed by atoms with van der Waals surface area (Å²) >= 11 is 4.22. The van der Waals surface area contributed by atoms with Crippen LogP contribution < -0.4 is 0 Å². The first-order valence-corrected chi connectivity index (χ1v) is 4.43. The summed E-state index contributed by atoms with van der Waals surface area (Å²) in [6, 6.07) is 3.11. The van der Waals surface area contributed by atoms with E-state index in [9.17, 15) is 8.78 Å². The average molecular weight is 243 g/mol. The molecule has 0 aliphatic carbocycles. The van der Waals surface area contributed by atoms with Crippen LogP contribution in [0.2, 0.25) is 0 Å². The second-order valence-electron chi connectivity index (χ2n) is 1.92. The standard InChI is InChI=1S/C6H5BrF2OS/c7-4-2-1-3(11-4)5(10)6(8)9/h1-2,5-6,10H. The highest BCUT2D eigenvalue weighted by atomic mass is 79.9. The Balaban J connectivity index is 2.76. The summed E-state index contributed by atoms with van der Waals surface area (Å²) in [6.45, 7) is 0. The number of alkyl halides is 2. The van der Waals surface area contributed by atoms with Crippen molar-refractivity contribution in [3.05, 3.63) is 20.8 Å². The second-order valence-corrected chi connectivity index (χ2v) is 4.42. The first-order valence-electron chi connectivity index (χ1n) is 2.82. The van der Waals surface area contributed by atoms with E-state index in [1.165, 1.54) is 6.07 Å². The fourth-order valence-electron chi connectivity index (χ4n) is 0.611. The van der Waals surface area contributed by atoms with E-state index in [0.717, 1.165) is 15.1 Å². The lowest BCUT2D eigenvalue weighted by molar-refractivity contribution is -0.00369. The van der Waals surface area contributed by atoms with E-state index in [0.29, 0.717) is 0 Å². The first kappa shape index (κ1) is 9.09. The normalized spacial score (nSPS) is 13.9. The highest BCUT2D eigenvalue weighted by molar-refractivity contribution is 9.11. The van der Waals surface area contributed by atoms with Crippen molar-refractivity contribution in [3.8, 4) is 0 Å². The quantitative estimate of drug-likeness (QED) is 0.846. The Morgan fingerprint density at radius 1 is 1.45 bits per heavy atom. The molecule has 0 saturated heterocycles. The molecule has 0 radical (unpaired) electrons. The fraction of sp³-hybridized carbons (Fsp3) is 0.333. The molecule has 1 N–H and O–H groups in total. The molecule has 1 heterocycles. The number of aliphatic hydroxyl groups excluding tert-OH is 1. The van der Waals surface area contributed by atoms with E-state index >= 15 is 0 Å². The van der Waals surface area contributed by atoms with Gasteiger partial charge in [-0.25, -0.2) is 8.78 Å². The lowest BCUT2D eigenvalue weighted by Crippen LogP contribution is -2.05. The predicted octanol–water partition coefficient (Wildman–Crippen LogP) is 2.81. The van der Waals surface area contributed by atoms with Gasteiger partial charge in [-0.15, -0.1) is 11.3 Å². The summed E-state index contributed by atoms with van der Waals surface area (Å²) < 4.78 is 24.5. The van der Waals surface area contributed by atoms with Crippen molar-refractivity contribution in [2.24, 2.45) is 0 Å². The van der Waals surface area contributed by atoms with Crippen LogP contribution in [0.1, 0.15) is 11.0 Å². The van der Waals surface area contributed by atoms with Crippen LogP contribution in [0.25, 0.3) is 0 Å². The fourth-order valence-corrected chi connectivity index (χ4v) is 2.03. The van der Waals surface area contributed by atoms with Crippen LogP contribution in [0, 0.1) is 0 Å². The van der Waals surface area contributed by atoms with Gasteiger partial charge in [0.25, 0.3) is 6.43 Å². The van der Waals surface area contributed by atoms with Gasteiger partial charge in [0.1, 0.15) is 6.10 Å². The number of hydrogen-bond acceptors (Lipinski definition) is 2. The van der Waals surface area contributed by atoms with Gasteiger partial charge < -0.3 is 5.11 Å². The van der Waals surface area contributed by atoms with Crippen LogP contribution in [-0.2, 0) is 0 Å². The van der Waals surface area contributed by atoms with Crippen LogP contribution in [0.3, 0.4) is 0 Å². The van der Waals surface area contributed by atoms with Gasteiger partial charge in [-0.1, -0.05) is 0 Å². The van der Waals surface area contributed by atoms with Gasteiger partial charge in [0.15, 0.2) is 0 Å². The maximum atomic E-state index is 11.9. The van der Waals surface area contributed by atoms with Crippen molar-refractivity contribution in [3.63, 3.8) is 0 Å². The lowest BCUT2D eigenvalue weighted by atomic mass is 10.3. The average Bonchev–Trinajstić information content (AvgIpc) is 2.34. The molecule has 0 bridgehead atoms. The number of rotatable bonds is 2. The Morgan fingerprint density at radius 3 is 2.45 bits per heavy atom. The molecule has 11 heavy (non-hydrogen) atoms. The van der Waals surface area contributed by atoms with Crippen molar-refractivity contribution in [2.75, 3.05) is 0 Å². The third-order valence-electron chi connectivity index (χ3n) is 1.12. The largest absolute Gasteiger partial charge is 0.382 e. The van der Waals surface area contributed by atoms with Gasteiger partial charge in [-0.2, -0.15) is 0 Å². The summed E-state index contributed by atoms with van der Waals surface area (Å²) in [5.74, 6) is 0. The summed E-state index contributed by atoms with van der Waals surface area (Å²) in [6.07, 6.45) is -4.35. The van der Waals surface area contributed by atoms with Crippen molar-refractivity contribution in [2.45, 2.75) is 12.5 Å². The minimum atomic E-state index is -2.71. The van der Waals surface area contributed by atoms with E-state index in [1.807, 2.05) is 0 Å². The SMILES string of the molecule is OC(c1ccc(Br)s1)C(F)F. The summed E-state index contributed by atoms with van der Waals surface area (Å²) in [5, 5.41) is 8.85. The van der Waals surface area contributed by atoms with Crippen molar-refractivity contribution in [1.82, 2.24) is 0 Å². The summed E-state index contributed by atoms with van der Waals surface area (Å²) in [7, 11) is 0. The smallest absolute Gasteiger partial charge is 0.268 e. The maximum Gasteiger partial charge on any atom is 0.268 e. The van der Waals surface area contributed by atoms with Gasteiger partial charge in [-0.3, -0.25) is 0 Å². The third kappa shape index (κ3) is 2.21. The molecule has 1 atom stereocenters. The predicted molar refractivity (Wildman–Crippen MR) is 43.0 cm³/mol. The molecule has 5 heteroatoms. The molecular formula is C6H5BrF2OS. The van der Waals surface area contributed by atoms with Gasteiger partial charge in [0.2, 0.25) is 0 Å². The Hall–Kier alpha value is -0.0000000000000000833.